The molecule has 0 aliphatic rings. The molecule has 0 heterocycles. The monoisotopic (exact) mass is 397 g/mol. The van der Waals surface area contributed by atoms with Crippen LogP contribution in [0.2, 0.25) is 10.0 Å². The molecule has 2 rings (SSSR count). The van der Waals surface area contributed by atoms with Crippen molar-refractivity contribution in [3.63, 3.8) is 0 Å². The fourth-order valence-electron chi connectivity index (χ4n) is 2.51. The molecule has 0 aliphatic carbocycles. The highest BCUT2D eigenvalue weighted by Crippen LogP contribution is 2.37. The lowest BCUT2D eigenvalue weighted by molar-refractivity contribution is 0.238. The highest BCUT2D eigenvalue weighted by molar-refractivity contribution is 6.32. The summed E-state index contributed by atoms with van der Waals surface area (Å²) in [7, 11) is 0. The van der Waals surface area contributed by atoms with Crippen molar-refractivity contribution in [2.75, 3.05) is 13.2 Å². The lowest BCUT2D eigenvalue weighted by atomic mass is 10.1. The molecule has 0 saturated heterocycles. The Balaban J connectivity index is 2.14. The van der Waals surface area contributed by atoms with Crippen LogP contribution in [0, 0.1) is 0 Å². The third-order valence-electron chi connectivity index (χ3n) is 3.95. The predicted molar refractivity (Wildman–Crippen MR) is 106 cm³/mol. The molecule has 2 N–H and O–H groups in total. The first-order valence-corrected chi connectivity index (χ1v) is 9.49. The van der Waals surface area contributed by atoms with Gasteiger partial charge in [-0.3, -0.25) is 0 Å². The fraction of sp³-hybridized carbons (Fsp3) is 0.400. The summed E-state index contributed by atoms with van der Waals surface area (Å²) in [6.07, 6.45) is 0.851. The smallest absolute Gasteiger partial charge is 0.180 e. The number of aliphatic hydroxyl groups is 1. The topological polar surface area (TPSA) is 50.7 Å². The maximum absolute atomic E-state index is 9.30. The Kier molecular flexibility index (Phi) is 8.52. The third kappa shape index (κ3) is 6.06. The number of hydrogen-bond acceptors (Lipinski definition) is 4. The van der Waals surface area contributed by atoms with Crippen LogP contribution in [0.3, 0.4) is 0 Å². The van der Waals surface area contributed by atoms with E-state index in [-0.39, 0.29) is 12.6 Å². The average molecular weight is 398 g/mol. The van der Waals surface area contributed by atoms with Crippen molar-refractivity contribution in [1.82, 2.24) is 5.32 Å². The number of aliphatic hydroxyl groups excluding tert-OH is 1. The Bertz CT molecular complexity index is 705. The third-order valence-corrected chi connectivity index (χ3v) is 4.47. The second-order valence-electron chi connectivity index (χ2n) is 5.93. The van der Waals surface area contributed by atoms with Gasteiger partial charge in [-0.25, -0.2) is 0 Å². The molecule has 0 spiro atoms. The van der Waals surface area contributed by atoms with Crippen LogP contribution in [0.25, 0.3) is 0 Å². The number of ether oxygens (including phenoxy) is 2. The van der Waals surface area contributed by atoms with E-state index < -0.39 is 0 Å². The lowest BCUT2D eigenvalue weighted by Crippen LogP contribution is -2.31. The molecule has 0 radical (unpaired) electrons. The molecular formula is C20H25Cl2NO3. The number of hydrogen-bond donors (Lipinski definition) is 2. The molecule has 0 aliphatic heterocycles. The maximum atomic E-state index is 9.30. The van der Waals surface area contributed by atoms with Gasteiger partial charge in [0.15, 0.2) is 11.5 Å². The lowest BCUT2D eigenvalue weighted by Gasteiger charge is -2.17. The Hall–Kier alpha value is -1.46. The van der Waals surface area contributed by atoms with Gasteiger partial charge in [0.05, 0.1) is 18.2 Å². The first kappa shape index (κ1) is 20.8. The van der Waals surface area contributed by atoms with Crippen molar-refractivity contribution in [3.05, 3.63) is 57.6 Å². The molecule has 2 aromatic rings. The molecule has 0 aromatic heterocycles. The molecule has 4 nitrogen and oxygen atoms in total. The molecule has 0 amide bonds. The predicted octanol–water partition coefficient (Wildman–Crippen LogP) is 4.83. The molecule has 0 bridgehead atoms. The van der Waals surface area contributed by atoms with E-state index in [4.69, 9.17) is 32.7 Å². The summed E-state index contributed by atoms with van der Waals surface area (Å²) in [4.78, 5) is 0. The summed E-state index contributed by atoms with van der Waals surface area (Å²) < 4.78 is 11.6. The van der Waals surface area contributed by atoms with Gasteiger partial charge in [0.25, 0.3) is 0 Å². The molecule has 6 heteroatoms. The van der Waals surface area contributed by atoms with Crippen molar-refractivity contribution < 1.29 is 14.6 Å². The average Bonchev–Trinajstić information content (AvgIpc) is 2.62. The second-order valence-corrected chi connectivity index (χ2v) is 6.77. The minimum absolute atomic E-state index is 0.0584. The Morgan fingerprint density at radius 1 is 1.08 bits per heavy atom. The van der Waals surface area contributed by atoms with E-state index in [9.17, 15) is 5.11 Å². The minimum Gasteiger partial charge on any atom is -0.490 e. The van der Waals surface area contributed by atoms with Crippen LogP contribution in [0.4, 0.5) is 0 Å². The Labute approximate surface area is 165 Å². The van der Waals surface area contributed by atoms with Crippen LogP contribution >= 0.6 is 23.2 Å². The first-order valence-electron chi connectivity index (χ1n) is 8.74. The number of rotatable bonds is 10. The van der Waals surface area contributed by atoms with Crippen LogP contribution in [0.15, 0.2) is 36.4 Å². The van der Waals surface area contributed by atoms with Gasteiger partial charge in [0, 0.05) is 17.6 Å². The Morgan fingerprint density at radius 2 is 1.88 bits per heavy atom. The molecule has 0 fully saturated rings. The van der Waals surface area contributed by atoms with E-state index in [0.29, 0.717) is 41.3 Å². The molecule has 1 atom stereocenters. The van der Waals surface area contributed by atoms with Crippen molar-refractivity contribution >= 4 is 23.2 Å². The van der Waals surface area contributed by atoms with Crippen LogP contribution in [0.1, 0.15) is 31.4 Å². The summed E-state index contributed by atoms with van der Waals surface area (Å²) in [6.45, 7) is 5.49. The van der Waals surface area contributed by atoms with Gasteiger partial charge in [-0.2, -0.15) is 0 Å². The zero-order valence-electron chi connectivity index (χ0n) is 15.1. The summed E-state index contributed by atoms with van der Waals surface area (Å²) in [5.41, 5.74) is 1.93. The van der Waals surface area contributed by atoms with Crippen LogP contribution in [-0.2, 0) is 13.2 Å². The number of halogens is 2. The van der Waals surface area contributed by atoms with Gasteiger partial charge in [-0.1, -0.05) is 42.3 Å². The van der Waals surface area contributed by atoms with Gasteiger partial charge in [-0.05, 0) is 48.7 Å². The fourth-order valence-corrected chi connectivity index (χ4v) is 3.01. The summed E-state index contributed by atoms with van der Waals surface area (Å²) in [5.74, 6) is 1.13. The van der Waals surface area contributed by atoms with Gasteiger partial charge in [-0.15, -0.1) is 0 Å². The quantitative estimate of drug-likeness (QED) is 0.602. The summed E-state index contributed by atoms with van der Waals surface area (Å²) in [6, 6.07) is 11.3. The van der Waals surface area contributed by atoms with E-state index in [0.717, 1.165) is 17.5 Å². The van der Waals surface area contributed by atoms with E-state index >= 15 is 0 Å². The molecule has 0 unspecified atom stereocenters. The van der Waals surface area contributed by atoms with Crippen molar-refractivity contribution in [1.29, 1.82) is 0 Å². The zero-order chi connectivity index (χ0) is 18.9. The highest BCUT2D eigenvalue weighted by Gasteiger charge is 2.14. The highest BCUT2D eigenvalue weighted by atomic mass is 35.5. The number of benzene rings is 2. The van der Waals surface area contributed by atoms with E-state index in [1.165, 1.54) is 0 Å². The van der Waals surface area contributed by atoms with Gasteiger partial charge < -0.3 is 19.9 Å². The normalized spacial score (nSPS) is 12.0. The molecular weight excluding hydrogens is 373 g/mol. The summed E-state index contributed by atoms with van der Waals surface area (Å²) in [5, 5.41) is 13.7. The van der Waals surface area contributed by atoms with Crippen molar-refractivity contribution in [3.8, 4) is 11.5 Å². The summed E-state index contributed by atoms with van der Waals surface area (Å²) >= 11 is 12.5. The standard InChI is InChI=1S/C20H25Cl2NO3/c1-3-17(12-24)23-11-15-9-18(22)20(19(10-15)25-4-2)26-13-14-6-5-7-16(21)8-14/h5-10,17,23-24H,3-4,11-13H2,1-2H3/t17-/m1/s1. The van der Waals surface area contributed by atoms with Crippen molar-refractivity contribution in [2.45, 2.75) is 39.5 Å². The van der Waals surface area contributed by atoms with Gasteiger partial charge in [0.2, 0.25) is 0 Å². The van der Waals surface area contributed by atoms with E-state index in [2.05, 4.69) is 5.32 Å². The zero-order valence-corrected chi connectivity index (χ0v) is 16.6. The molecule has 0 saturated carbocycles. The van der Waals surface area contributed by atoms with Gasteiger partial charge >= 0.3 is 0 Å². The molecule has 26 heavy (non-hydrogen) atoms. The van der Waals surface area contributed by atoms with Gasteiger partial charge in [0.1, 0.15) is 6.61 Å². The van der Waals surface area contributed by atoms with Crippen LogP contribution in [-0.4, -0.2) is 24.4 Å². The SMILES string of the molecule is CCOc1cc(CN[C@H](CC)CO)cc(Cl)c1OCc1cccc(Cl)c1. The van der Waals surface area contributed by atoms with Crippen LogP contribution in [0.5, 0.6) is 11.5 Å². The number of nitrogens with one attached hydrogen (secondary N) is 1. The maximum Gasteiger partial charge on any atom is 0.180 e. The van der Waals surface area contributed by atoms with Crippen LogP contribution < -0.4 is 14.8 Å². The first-order chi connectivity index (χ1) is 12.6. The minimum atomic E-state index is 0.0584. The molecule has 2 aromatic carbocycles. The largest absolute Gasteiger partial charge is 0.490 e. The second kappa shape index (κ2) is 10.6. The van der Waals surface area contributed by atoms with Crippen molar-refractivity contribution in [2.24, 2.45) is 0 Å². The molecule has 142 valence electrons. The Morgan fingerprint density at radius 3 is 2.54 bits per heavy atom. The van der Waals surface area contributed by atoms with E-state index in [1.54, 1.807) is 0 Å². The van der Waals surface area contributed by atoms with E-state index in [1.807, 2.05) is 50.2 Å².